The van der Waals surface area contributed by atoms with E-state index in [9.17, 15) is 10.2 Å². The molecular weight excluding hydrogens is 190 g/mol. The van der Waals surface area contributed by atoms with Gasteiger partial charge in [0, 0.05) is 6.54 Å². The van der Waals surface area contributed by atoms with Crippen molar-refractivity contribution >= 4 is 0 Å². The van der Waals surface area contributed by atoms with Crippen molar-refractivity contribution < 1.29 is 10.2 Å². The van der Waals surface area contributed by atoms with Crippen LogP contribution < -0.4 is 0 Å². The van der Waals surface area contributed by atoms with E-state index < -0.39 is 11.7 Å². The van der Waals surface area contributed by atoms with E-state index in [1.54, 1.807) is 0 Å². The maximum atomic E-state index is 10.4. The maximum Gasteiger partial charge on any atom is 0.103 e. The molecule has 0 aromatic carbocycles. The first-order chi connectivity index (χ1) is 7.21. The van der Waals surface area contributed by atoms with Gasteiger partial charge in [-0.1, -0.05) is 19.3 Å². The van der Waals surface area contributed by atoms with Crippen molar-refractivity contribution in [3.05, 3.63) is 0 Å². The van der Waals surface area contributed by atoms with Gasteiger partial charge >= 0.3 is 0 Å². The highest BCUT2D eigenvalue weighted by atomic mass is 16.3. The van der Waals surface area contributed by atoms with E-state index in [1.165, 1.54) is 19.3 Å². The summed E-state index contributed by atoms with van der Waals surface area (Å²) in [5.74, 6) is 0. The Labute approximate surface area is 92.1 Å². The zero-order chi connectivity index (χ0) is 10.7. The predicted octanol–water partition coefficient (Wildman–Crippen LogP) is 1.14. The number of aliphatic hydroxyl groups excluding tert-OH is 1. The Morgan fingerprint density at radius 1 is 1.07 bits per heavy atom. The molecule has 0 bridgehead atoms. The molecule has 1 heterocycles. The van der Waals surface area contributed by atoms with Gasteiger partial charge in [-0.25, -0.2) is 0 Å². The van der Waals surface area contributed by atoms with Crippen LogP contribution in [0.4, 0.5) is 0 Å². The number of nitrogens with zero attached hydrogens (tertiary/aromatic N) is 1. The molecule has 0 aromatic rings. The van der Waals surface area contributed by atoms with Crippen LogP contribution in [0.2, 0.25) is 0 Å². The molecule has 2 atom stereocenters. The molecule has 2 rings (SSSR count). The molecule has 1 aliphatic heterocycles. The quantitative estimate of drug-likeness (QED) is 0.723. The first kappa shape index (κ1) is 11.4. The Kier molecular flexibility index (Phi) is 3.65. The van der Waals surface area contributed by atoms with Crippen molar-refractivity contribution in [2.24, 2.45) is 0 Å². The monoisotopic (exact) mass is 213 g/mol. The molecule has 2 N–H and O–H groups in total. The maximum absolute atomic E-state index is 10.4. The highest BCUT2D eigenvalue weighted by Crippen LogP contribution is 2.30. The number of rotatable bonds is 2. The third-order valence-corrected chi connectivity index (χ3v) is 3.90. The Morgan fingerprint density at radius 3 is 2.47 bits per heavy atom. The van der Waals surface area contributed by atoms with Crippen LogP contribution in [0.25, 0.3) is 0 Å². The summed E-state index contributed by atoms with van der Waals surface area (Å²) in [5.41, 5.74) is -0.824. The van der Waals surface area contributed by atoms with E-state index in [1.807, 2.05) is 0 Å². The van der Waals surface area contributed by atoms with Gasteiger partial charge in [-0.15, -0.1) is 0 Å². The number of aliphatic hydroxyl groups is 2. The molecule has 1 aliphatic carbocycles. The van der Waals surface area contributed by atoms with Crippen molar-refractivity contribution in [2.45, 2.75) is 56.7 Å². The fourth-order valence-corrected chi connectivity index (χ4v) is 2.89. The van der Waals surface area contributed by atoms with Crippen LogP contribution in [0.3, 0.4) is 0 Å². The van der Waals surface area contributed by atoms with Crippen molar-refractivity contribution in [1.29, 1.82) is 0 Å². The third-order valence-electron chi connectivity index (χ3n) is 3.90. The zero-order valence-corrected chi connectivity index (χ0v) is 9.49. The van der Waals surface area contributed by atoms with Gasteiger partial charge in [0.25, 0.3) is 0 Å². The first-order valence-electron chi connectivity index (χ1n) is 6.33. The van der Waals surface area contributed by atoms with Crippen molar-refractivity contribution in [1.82, 2.24) is 4.90 Å². The second-order valence-electron chi connectivity index (χ2n) is 5.20. The van der Waals surface area contributed by atoms with Crippen LogP contribution >= 0.6 is 0 Å². The lowest BCUT2D eigenvalue weighted by Crippen LogP contribution is -2.53. The van der Waals surface area contributed by atoms with Gasteiger partial charge in [-0.2, -0.15) is 0 Å². The molecule has 1 saturated heterocycles. The van der Waals surface area contributed by atoms with Crippen LogP contribution in [0.1, 0.15) is 44.9 Å². The largest absolute Gasteiger partial charge is 0.390 e. The molecular formula is C12H23NO2. The lowest BCUT2D eigenvalue weighted by Gasteiger charge is -2.41. The summed E-state index contributed by atoms with van der Waals surface area (Å²) in [6.45, 7) is 2.86. The highest BCUT2D eigenvalue weighted by Gasteiger charge is 2.39. The Morgan fingerprint density at radius 2 is 1.80 bits per heavy atom. The van der Waals surface area contributed by atoms with Crippen molar-refractivity contribution in [3.8, 4) is 0 Å². The molecule has 88 valence electrons. The second kappa shape index (κ2) is 4.81. The SMILES string of the molecule is O[C@@H]1CCCC[C@]1(O)CN1CCCCC1. The van der Waals surface area contributed by atoms with Crippen molar-refractivity contribution in [3.63, 3.8) is 0 Å². The van der Waals surface area contributed by atoms with Gasteiger partial charge in [0.1, 0.15) is 5.60 Å². The van der Waals surface area contributed by atoms with Crippen LogP contribution in [-0.4, -0.2) is 46.5 Å². The van der Waals surface area contributed by atoms with Gasteiger partial charge in [-0.05, 0) is 38.8 Å². The number of likely N-dealkylation sites (tertiary alicyclic amines) is 1. The van der Waals surface area contributed by atoms with Crippen LogP contribution in [0.5, 0.6) is 0 Å². The summed E-state index contributed by atoms with van der Waals surface area (Å²) in [6, 6.07) is 0. The number of hydrogen-bond acceptors (Lipinski definition) is 3. The summed E-state index contributed by atoms with van der Waals surface area (Å²) < 4.78 is 0. The zero-order valence-electron chi connectivity index (χ0n) is 9.49. The summed E-state index contributed by atoms with van der Waals surface area (Å²) in [7, 11) is 0. The first-order valence-corrected chi connectivity index (χ1v) is 6.33. The topological polar surface area (TPSA) is 43.7 Å². The molecule has 0 amide bonds. The minimum atomic E-state index is -0.824. The smallest absolute Gasteiger partial charge is 0.103 e. The van der Waals surface area contributed by atoms with E-state index in [0.29, 0.717) is 6.54 Å². The third kappa shape index (κ3) is 2.71. The molecule has 0 aromatic heterocycles. The van der Waals surface area contributed by atoms with Crippen LogP contribution in [0, 0.1) is 0 Å². The standard InChI is InChI=1S/C12H23NO2/c14-11-6-2-3-7-12(11,15)10-13-8-4-1-5-9-13/h11,14-15H,1-10H2/t11-,12+/m1/s1. The fraction of sp³-hybridized carbons (Fsp3) is 1.00. The number of β-amino-alcohol motifs (C(OH)–C–C–N with tert-alkyl or cyclic N) is 1. The van der Waals surface area contributed by atoms with Gasteiger partial charge in [-0.3, -0.25) is 0 Å². The summed E-state index contributed by atoms with van der Waals surface area (Å²) in [5, 5.41) is 20.3. The molecule has 3 nitrogen and oxygen atoms in total. The summed E-state index contributed by atoms with van der Waals surface area (Å²) in [6.07, 6.45) is 6.95. The Bertz CT molecular complexity index is 204. The van der Waals surface area contributed by atoms with Crippen molar-refractivity contribution in [2.75, 3.05) is 19.6 Å². The van der Waals surface area contributed by atoms with E-state index in [4.69, 9.17) is 0 Å². The lowest BCUT2D eigenvalue weighted by molar-refractivity contribution is -0.116. The van der Waals surface area contributed by atoms with Gasteiger partial charge < -0.3 is 15.1 Å². The van der Waals surface area contributed by atoms with Gasteiger partial charge in [0.2, 0.25) is 0 Å². The minimum Gasteiger partial charge on any atom is -0.390 e. The lowest BCUT2D eigenvalue weighted by atomic mass is 9.81. The predicted molar refractivity (Wildman–Crippen MR) is 59.7 cm³/mol. The molecule has 3 heteroatoms. The molecule has 0 spiro atoms. The minimum absolute atomic E-state index is 0.506. The van der Waals surface area contributed by atoms with E-state index in [-0.39, 0.29) is 0 Å². The van der Waals surface area contributed by atoms with E-state index in [2.05, 4.69) is 4.90 Å². The molecule has 15 heavy (non-hydrogen) atoms. The molecule has 2 aliphatic rings. The second-order valence-corrected chi connectivity index (χ2v) is 5.20. The number of hydrogen-bond donors (Lipinski definition) is 2. The molecule has 2 fully saturated rings. The van der Waals surface area contributed by atoms with Crippen LogP contribution in [0.15, 0.2) is 0 Å². The summed E-state index contributed by atoms with van der Waals surface area (Å²) in [4.78, 5) is 2.32. The fourth-order valence-electron chi connectivity index (χ4n) is 2.89. The Hall–Kier alpha value is -0.120. The molecule has 0 unspecified atom stereocenters. The Balaban J connectivity index is 1.89. The number of piperidine rings is 1. The van der Waals surface area contributed by atoms with E-state index in [0.717, 1.165) is 38.8 Å². The molecule has 1 saturated carbocycles. The molecule has 0 radical (unpaired) electrons. The van der Waals surface area contributed by atoms with Gasteiger partial charge in [0.05, 0.1) is 6.10 Å². The van der Waals surface area contributed by atoms with E-state index >= 15 is 0 Å². The summed E-state index contributed by atoms with van der Waals surface area (Å²) >= 11 is 0. The normalized spacial score (nSPS) is 39.2. The highest BCUT2D eigenvalue weighted by molar-refractivity contribution is 4.93. The average Bonchev–Trinajstić information content (AvgIpc) is 2.24. The average molecular weight is 213 g/mol. The van der Waals surface area contributed by atoms with Crippen LogP contribution in [-0.2, 0) is 0 Å². The van der Waals surface area contributed by atoms with Gasteiger partial charge in [0.15, 0.2) is 0 Å².